The van der Waals surface area contributed by atoms with Crippen LogP contribution in [0.25, 0.3) is 0 Å². The van der Waals surface area contributed by atoms with Gasteiger partial charge in [0.25, 0.3) is 0 Å². The minimum absolute atomic E-state index is 0.0495. The molecule has 0 amide bonds. The molecule has 1 aliphatic rings. The molecule has 2 aromatic rings. The Kier molecular flexibility index (Phi) is 5.18. The van der Waals surface area contributed by atoms with Gasteiger partial charge in [-0.05, 0) is 46.4 Å². The lowest BCUT2D eigenvalue weighted by atomic mass is 9.83. The summed E-state index contributed by atoms with van der Waals surface area (Å²) in [5, 5.41) is 19.8. The van der Waals surface area contributed by atoms with Gasteiger partial charge >= 0.3 is 0 Å². The number of anilines is 1. The summed E-state index contributed by atoms with van der Waals surface area (Å²) in [6.45, 7) is 0.404. The van der Waals surface area contributed by atoms with Crippen molar-refractivity contribution in [3.05, 3.63) is 40.8 Å². The smallest absolute Gasteiger partial charge is 0.202 e. The number of rotatable bonds is 7. The van der Waals surface area contributed by atoms with Crippen molar-refractivity contribution in [3.63, 3.8) is 0 Å². The molecule has 1 aromatic heterocycles. The predicted octanol–water partition coefficient (Wildman–Crippen LogP) is 1.71. The van der Waals surface area contributed by atoms with Crippen LogP contribution in [0.2, 0.25) is 0 Å². The van der Waals surface area contributed by atoms with Crippen LogP contribution in [0.15, 0.2) is 27.8 Å². The first-order chi connectivity index (χ1) is 12.4. The first kappa shape index (κ1) is 18.3. The Labute approximate surface area is 149 Å². The van der Waals surface area contributed by atoms with E-state index >= 15 is 0 Å². The molecule has 9 nitrogen and oxygen atoms in total. The van der Waals surface area contributed by atoms with Gasteiger partial charge < -0.3 is 5.32 Å². The molecule has 1 heterocycles. The fourth-order valence-electron chi connectivity index (χ4n) is 2.68. The first-order valence-corrected chi connectivity index (χ1v) is 10.1. The summed E-state index contributed by atoms with van der Waals surface area (Å²) in [5.74, 6) is 0.226. The summed E-state index contributed by atoms with van der Waals surface area (Å²) < 4.78 is 36.8. The van der Waals surface area contributed by atoms with E-state index in [4.69, 9.17) is 9.41 Å². The number of aliphatic imine (C=N–C) groups is 1. The molecule has 26 heavy (non-hydrogen) atoms. The van der Waals surface area contributed by atoms with Crippen molar-refractivity contribution < 1.29 is 18.4 Å². The fraction of sp³-hybridized carbons (Fsp3) is 0.400. The molecule has 2 atom stereocenters. The summed E-state index contributed by atoms with van der Waals surface area (Å²) in [7, 11) is -2.55. The molecule has 0 aliphatic heterocycles. The van der Waals surface area contributed by atoms with Gasteiger partial charge in [-0.1, -0.05) is 6.07 Å². The van der Waals surface area contributed by atoms with Crippen LogP contribution >= 0.6 is 0 Å². The van der Waals surface area contributed by atoms with E-state index in [9.17, 15) is 13.8 Å². The maximum Gasteiger partial charge on any atom is 0.202 e. The van der Waals surface area contributed by atoms with E-state index in [1.165, 1.54) is 18.4 Å². The van der Waals surface area contributed by atoms with Crippen molar-refractivity contribution in [2.24, 2.45) is 4.99 Å². The average molecular weight is 382 g/mol. The quantitative estimate of drug-likeness (QED) is 0.248. The Hall–Kier alpha value is -2.53. The van der Waals surface area contributed by atoms with Crippen molar-refractivity contribution in [3.8, 4) is 0 Å². The van der Waals surface area contributed by atoms with Crippen LogP contribution in [0.5, 0.6) is 0 Å². The van der Waals surface area contributed by atoms with E-state index in [-0.39, 0.29) is 35.0 Å². The number of hydrogen-bond acceptors (Lipinski definition) is 8. The molecule has 4 N–H and O–H groups in total. The molecule has 11 heteroatoms. The number of aromatic nitrogens is 2. The van der Waals surface area contributed by atoms with Crippen LogP contribution in [-0.2, 0) is 16.1 Å². The van der Waals surface area contributed by atoms with Gasteiger partial charge in [0.05, 0.1) is 6.04 Å². The van der Waals surface area contributed by atoms with E-state index in [0.717, 1.165) is 11.1 Å². The number of benzene rings is 1. The van der Waals surface area contributed by atoms with E-state index in [1.807, 2.05) is 5.48 Å². The summed E-state index contributed by atoms with van der Waals surface area (Å²) in [5.41, 5.74) is 3.93. The lowest BCUT2D eigenvalue weighted by Crippen LogP contribution is -2.26. The van der Waals surface area contributed by atoms with Crippen molar-refractivity contribution in [1.29, 1.82) is 4.78 Å². The molecule has 3 rings (SSSR count). The SMILES string of the molecule is C[S@](=N)(=O)CCCNc1nonc1C(=N[C@H]1Cc2ccc(F)cc21)NO. The predicted molar refractivity (Wildman–Crippen MR) is 93.4 cm³/mol. The van der Waals surface area contributed by atoms with Crippen molar-refractivity contribution in [2.45, 2.75) is 18.9 Å². The summed E-state index contributed by atoms with van der Waals surface area (Å²) in [4.78, 5) is 4.36. The number of hydroxylamine groups is 1. The second-order valence-electron chi connectivity index (χ2n) is 6.10. The van der Waals surface area contributed by atoms with Crippen LogP contribution in [0.1, 0.15) is 29.3 Å². The zero-order valence-electron chi connectivity index (χ0n) is 14.0. The van der Waals surface area contributed by atoms with Crippen molar-refractivity contribution in [1.82, 2.24) is 15.8 Å². The number of halogens is 1. The molecular weight excluding hydrogens is 363 g/mol. The van der Waals surface area contributed by atoms with Crippen LogP contribution in [0.4, 0.5) is 10.2 Å². The lowest BCUT2D eigenvalue weighted by molar-refractivity contribution is 0.232. The van der Waals surface area contributed by atoms with Gasteiger partial charge in [-0.15, -0.1) is 0 Å². The number of fused-ring (bicyclic) bond motifs is 1. The van der Waals surface area contributed by atoms with Gasteiger partial charge in [-0.25, -0.2) is 9.02 Å². The molecule has 1 aromatic carbocycles. The van der Waals surface area contributed by atoms with Crippen molar-refractivity contribution >= 4 is 21.4 Å². The highest BCUT2D eigenvalue weighted by Gasteiger charge is 2.28. The van der Waals surface area contributed by atoms with Gasteiger partial charge in [0.1, 0.15) is 5.82 Å². The maximum atomic E-state index is 13.4. The molecule has 0 bridgehead atoms. The minimum atomic E-state index is -2.55. The standard InChI is InChI=1S/C15H19FN6O3S/c1-26(17,24)6-2-5-18-14-13(21-25-22-14)15(20-23)19-12-7-9-3-4-10(16)8-11(9)12/h3-4,8,12,17,23H,2,5-7H2,1H3,(H,18,22)(H,19,20)/t12-,26-/m0/s1. The molecule has 0 saturated heterocycles. The molecule has 0 saturated carbocycles. The monoisotopic (exact) mass is 382 g/mol. The zero-order chi connectivity index (χ0) is 18.7. The van der Waals surface area contributed by atoms with Gasteiger partial charge in [-0.3, -0.25) is 24.7 Å². The third kappa shape index (κ3) is 4.17. The van der Waals surface area contributed by atoms with Gasteiger partial charge in [0, 0.05) is 28.3 Å². The van der Waals surface area contributed by atoms with E-state index < -0.39 is 9.73 Å². The maximum absolute atomic E-state index is 13.4. The normalized spacial score (nSPS) is 18.6. The summed E-state index contributed by atoms with van der Waals surface area (Å²) >= 11 is 0. The Morgan fingerprint density at radius 1 is 1.54 bits per heavy atom. The van der Waals surface area contributed by atoms with Gasteiger partial charge in [-0.2, -0.15) is 0 Å². The molecule has 0 radical (unpaired) electrons. The molecule has 1 aliphatic carbocycles. The molecular formula is C15H19FN6O3S. The number of amidine groups is 1. The second kappa shape index (κ2) is 7.38. The Morgan fingerprint density at radius 2 is 2.35 bits per heavy atom. The number of hydrogen-bond donors (Lipinski definition) is 4. The molecule has 0 fully saturated rings. The van der Waals surface area contributed by atoms with Crippen LogP contribution in [-0.4, -0.2) is 44.1 Å². The largest absolute Gasteiger partial charge is 0.365 e. The zero-order valence-corrected chi connectivity index (χ0v) is 14.8. The lowest BCUT2D eigenvalue weighted by Gasteiger charge is -2.27. The highest BCUT2D eigenvalue weighted by atomic mass is 32.2. The Bertz CT molecular complexity index is 927. The van der Waals surface area contributed by atoms with Crippen LogP contribution in [0, 0.1) is 10.6 Å². The third-order valence-electron chi connectivity index (χ3n) is 3.99. The van der Waals surface area contributed by atoms with E-state index in [0.29, 0.717) is 19.4 Å². The van der Waals surface area contributed by atoms with E-state index in [1.54, 1.807) is 6.07 Å². The molecule has 0 spiro atoms. The Balaban J connectivity index is 1.71. The minimum Gasteiger partial charge on any atom is -0.365 e. The van der Waals surface area contributed by atoms with Gasteiger partial charge in [0.15, 0.2) is 11.5 Å². The Morgan fingerprint density at radius 3 is 3.08 bits per heavy atom. The van der Waals surface area contributed by atoms with Crippen LogP contribution < -0.4 is 10.8 Å². The first-order valence-electron chi connectivity index (χ1n) is 7.92. The summed E-state index contributed by atoms with van der Waals surface area (Å²) in [6.07, 6.45) is 2.51. The van der Waals surface area contributed by atoms with Gasteiger partial charge in [0.2, 0.25) is 5.82 Å². The fourth-order valence-corrected chi connectivity index (χ4v) is 3.37. The molecule has 0 unspecified atom stereocenters. The van der Waals surface area contributed by atoms with Crippen LogP contribution in [0.3, 0.4) is 0 Å². The molecule has 140 valence electrons. The average Bonchev–Trinajstić information content (AvgIpc) is 3.02. The third-order valence-corrected chi connectivity index (χ3v) is 5.05. The van der Waals surface area contributed by atoms with Crippen molar-refractivity contribution in [2.75, 3.05) is 23.9 Å². The number of nitrogens with one attached hydrogen (secondary N) is 3. The topological polar surface area (TPSA) is 136 Å². The van der Waals surface area contributed by atoms with E-state index in [2.05, 4.69) is 20.6 Å². The number of nitrogens with zero attached hydrogens (tertiary/aromatic N) is 3. The second-order valence-corrected chi connectivity index (χ2v) is 8.52. The highest BCUT2D eigenvalue weighted by Crippen LogP contribution is 2.36. The summed E-state index contributed by atoms with van der Waals surface area (Å²) in [6, 6.07) is 4.24. The highest BCUT2D eigenvalue weighted by molar-refractivity contribution is 7.91.